The summed E-state index contributed by atoms with van der Waals surface area (Å²) in [5, 5.41) is 6.46. The predicted molar refractivity (Wildman–Crippen MR) is 230 cm³/mol. The number of fused-ring (bicyclic) bond motifs is 9. The number of hydrogen-bond donors (Lipinski definition) is 0. The highest BCUT2D eigenvalue weighted by atomic mass is 16.3. The fourth-order valence-electron chi connectivity index (χ4n) is 8.51. The van der Waals surface area contributed by atoms with Gasteiger partial charge in [0.1, 0.15) is 22.3 Å². The maximum Gasteiger partial charge on any atom is 0.164 e. The van der Waals surface area contributed by atoms with Gasteiger partial charge >= 0.3 is 0 Å². The molecule has 0 saturated heterocycles. The molecule has 4 heterocycles. The Morgan fingerprint density at radius 3 is 1.70 bits per heavy atom. The van der Waals surface area contributed by atoms with E-state index in [9.17, 15) is 0 Å². The highest BCUT2D eigenvalue weighted by Crippen LogP contribution is 2.41. The summed E-state index contributed by atoms with van der Waals surface area (Å²) in [6.45, 7) is 0. The number of nitrogens with zero attached hydrogens (tertiary/aromatic N) is 4. The fourth-order valence-corrected chi connectivity index (χ4v) is 8.51. The third-order valence-corrected chi connectivity index (χ3v) is 11.1. The van der Waals surface area contributed by atoms with Gasteiger partial charge < -0.3 is 13.4 Å². The van der Waals surface area contributed by atoms with Crippen LogP contribution < -0.4 is 0 Å². The number of hydrogen-bond acceptors (Lipinski definition) is 5. The van der Waals surface area contributed by atoms with Gasteiger partial charge in [-0.05, 0) is 71.8 Å². The average molecular weight is 731 g/mol. The lowest BCUT2D eigenvalue weighted by atomic mass is 9.99. The fraction of sp³-hybridized carbons (Fsp3) is 0. The molecule has 4 aromatic heterocycles. The van der Waals surface area contributed by atoms with E-state index in [0.29, 0.717) is 17.5 Å². The molecule has 6 nitrogen and oxygen atoms in total. The first-order chi connectivity index (χ1) is 28.2. The highest BCUT2D eigenvalue weighted by Gasteiger charge is 2.20. The zero-order valence-corrected chi connectivity index (χ0v) is 30.4. The largest absolute Gasteiger partial charge is 0.456 e. The molecule has 6 heteroatoms. The van der Waals surface area contributed by atoms with Crippen molar-refractivity contribution in [2.75, 3.05) is 0 Å². The van der Waals surface area contributed by atoms with Crippen LogP contribution in [0.4, 0.5) is 0 Å². The van der Waals surface area contributed by atoms with Gasteiger partial charge in [0.15, 0.2) is 17.5 Å². The zero-order chi connectivity index (χ0) is 37.5. The number of rotatable bonds is 5. The summed E-state index contributed by atoms with van der Waals surface area (Å²) in [7, 11) is 0. The van der Waals surface area contributed by atoms with Crippen LogP contribution in [0.2, 0.25) is 0 Å². The number of furan rings is 2. The zero-order valence-electron chi connectivity index (χ0n) is 30.4. The molecule has 12 aromatic rings. The molecule has 0 aliphatic carbocycles. The van der Waals surface area contributed by atoms with Crippen molar-refractivity contribution >= 4 is 65.7 Å². The van der Waals surface area contributed by atoms with Crippen LogP contribution in [0, 0.1) is 0 Å². The molecule has 0 saturated carbocycles. The van der Waals surface area contributed by atoms with Crippen molar-refractivity contribution in [3.8, 4) is 51.0 Å². The maximum absolute atomic E-state index is 6.42. The number of para-hydroxylation sites is 2. The Morgan fingerprint density at radius 1 is 0.333 bits per heavy atom. The van der Waals surface area contributed by atoms with Crippen LogP contribution in [0.25, 0.3) is 117 Å². The molecule has 266 valence electrons. The van der Waals surface area contributed by atoms with Gasteiger partial charge in [-0.3, -0.25) is 0 Å². The second-order valence-corrected chi connectivity index (χ2v) is 14.4. The van der Waals surface area contributed by atoms with Gasteiger partial charge in [0.05, 0.1) is 11.0 Å². The summed E-state index contributed by atoms with van der Waals surface area (Å²) in [4.78, 5) is 15.4. The van der Waals surface area contributed by atoms with Crippen molar-refractivity contribution in [1.29, 1.82) is 0 Å². The van der Waals surface area contributed by atoms with Crippen LogP contribution in [0.3, 0.4) is 0 Å². The van der Waals surface area contributed by atoms with E-state index in [1.165, 1.54) is 0 Å². The molecule has 0 bridgehead atoms. The van der Waals surface area contributed by atoms with E-state index in [2.05, 4.69) is 120 Å². The first-order valence-corrected chi connectivity index (χ1v) is 19.0. The molecule has 8 aromatic carbocycles. The second kappa shape index (κ2) is 12.3. The Labute approximate surface area is 325 Å². The van der Waals surface area contributed by atoms with Gasteiger partial charge in [-0.25, -0.2) is 15.0 Å². The third-order valence-electron chi connectivity index (χ3n) is 11.1. The summed E-state index contributed by atoms with van der Waals surface area (Å²) in [5.41, 5.74) is 11.6. The molecule has 0 fully saturated rings. The van der Waals surface area contributed by atoms with Gasteiger partial charge in [0, 0.05) is 54.7 Å². The molecule has 12 rings (SSSR count). The Morgan fingerprint density at radius 2 is 0.912 bits per heavy atom. The third kappa shape index (κ3) is 4.94. The number of benzene rings is 8. The van der Waals surface area contributed by atoms with E-state index >= 15 is 0 Å². The average Bonchev–Trinajstić information content (AvgIpc) is 3.96. The Hall–Kier alpha value is -7.83. The second-order valence-electron chi connectivity index (χ2n) is 14.4. The maximum atomic E-state index is 6.42. The van der Waals surface area contributed by atoms with Crippen molar-refractivity contribution in [2.24, 2.45) is 0 Å². The first-order valence-electron chi connectivity index (χ1n) is 19.0. The molecule has 0 aliphatic rings. The molecule has 0 spiro atoms. The van der Waals surface area contributed by atoms with Crippen molar-refractivity contribution < 1.29 is 8.83 Å². The highest BCUT2D eigenvalue weighted by molar-refractivity contribution is 6.15. The molecule has 0 atom stereocenters. The van der Waals surface area contributed by atoms with Gasteiger partial charge in [-0.2, -0.15) is 0 Å². The monoisotopic (exact) mass is 730 g/mol. The van der Waals surface area contributed by atoms with Crippen LogP contribution in [-0.4, -0.2) is 19.5 Å². The standard InChI is InChI=1S/C51H30N4O2/c1-3-13-31(14-4-1)35-19-11-23-45-47(35)40-30-34(26-28-44(40)57-45)55-41-21-9-7-17-36(41)39-29-33(25-27-42(39)55)50-52-49(32-15-5-2-6-16-32)53-51(54-50)38-20-12-24-46-48(38)37-18-8-10-22-43(37)56-46/h1-30H. The topological polar surface area (TPSA) is 69.9 Å². The van der Waals surface area contributed by atoms with Crippen molar-refractivity contribution in [3.05, 3.63) is 182 Å². The van der Waals surface area contributed by atoms with E-state index < -0.39 is 0 Å². The molecular formula is C51H30N4O2. The quantitative estimate of drug-likeness (QED) is 0.176. The van der Waals surface area contributed by atoms with Crippen molar-refractivity contribution in [1.82, 2.24) is 19.5 Å². The Kier molecular flexibility index (Phi) is 6.83. The minimum atomic E-state index is 0.592. The SMILES string of the molecule is c1ccc(-c2nc(-c3ccc4c(c3)c3ccccc3n4-c3ccc4oc5cccc(-c6ccccc6)c5c4c3)nc(-c3cccc4oc5ccccc5c34)n2)cc1. The van der Waals surface area contributed by atoms with Gasteiger partial charge in [0.25, 0.3) is 0 Å². The molecular weight excluding hydrogens is 701 g/mol. The summed E-state index contributed by atoms with van der Waals surface area (Å²) in [5.74, 6) is 1.80. The minimum absolute atomic E-state index is 0.592. The van der Waals surface area contributed by atoms with E-state index in [0.717, 1.165) is 99.2 Å². The van der Waals surface area contributed by atoms with Crippen molar-refractivity contribution in [3.63, 3.8) is 0 Å². The Bertz CT molecular complexity index is 3530. The minimum Gasteiger partial charge on any atom is -0.456 e. The Balaban J connectivity index is 1.06. The van der Waals surface area contributed by atoms with Crippen molar-refractivity contribution in [2.45, 2.75) is 0 Å². The summed E-state index contributed by atoms with van der Waals surface area (Å²) < 4.78 is 15.0. The van der Waals surface area contributed by atoms with Gasteiger partial charge in [0.2, 0.25) is 0 Å². The first kappa shape index (κ1) is 31.5. The normalized spacial score (nSPS) is 11.9. The van der Waals surface area contributed by atoms with E-state index in [4.69, 9.17) is 23.8 Å². The predicted octanol–water partition coefficient (Wildman–Crippen LogP) is 13.4. The summed E-state index contributed by atoms with van der Waals surface area (Å²) in [6, 6.07) is 62.7. The molecule has 57 heavy (non-hydrogen) atoms. The molecule has 0 unspecified atom stereocenters. The lowest BCUT2D eigenvalue weighted by molar-refractivity contribution is 0.668. The van der Waals surface area contributed by atoms with Crippen LogP contribution in [0.1, 0.15) is 0 Å². The summed E-state index contributed by atoms with van der Waals surface area (Å²) in [6.07, 6.45) is 0. The smallest absolute Gasteiger partial charge is 0.164 e. The van der Waals surface area contributed by atoms with E-state index in [1.807, 2.05) is 66.7 Å². The van der Waals surface area contributed by atoms with Crippen LogP contribution >= 0.6 is 0 Å². The molecule has 0 aliphatic heterocycles. The van der Waals surface area contributed by atoms with Gasteiger partial charge in [-0.1, -0.05) is 121 Å². The lowest BCUT2D eigenvalue weighted by Gasteiger charge is -2.10. The number of aromatic nitrogens is 4. The van der Waals surface area contributed by atoms with E-state index in [-0.39, 0.29) is 0 Å². The lowest BCUT2D eigenvalue weighted by Crippen LogP contribution is -2.00. The molecule has 0 N–H and O–H groups in total. The van der Waals surface area contributed by atoms with Crippen LogP contribution in [-0.2, 0) is 0 Å². The van der Waals surface area contributed by atoms with Gasteiger partial charge in [-0.15, -0.1) is 0 Å². The summed E-state index contributed by atoms with van der Waals surface area (Å²) >= 11 is 0. The van der Waals surface area contributed by atoms with E-state index in [1.54, 1.807) is 0 Å². The van der Waals surface area contributed by atoms with Crippen LogP contribution in [0.15, 0.2) is 191 Å². The molecule has 0 radical (unpaired) electrons. The van der Waals surface area contributed by atoms with Crippen LogP contribution in [0.5, 0.6) is 0 Å². The molecule has 0 amide bonds.